The fourth-order valence-electron chi connectivity index (χ4n) is 3.00. The van der Waals surface area contributed by atoms with Crippen molar-refractivity contribution in [1.82, 2.24) is 10.3 Å². The molecule has 1 amide bonds. The SMILES string of the molecule is COc1ccc(C(=O)NC(=S)Nc2ccc(-c3nc4ccc(C)cc4s3)cc2)cc1I. The summed E-state index contributed by atoms with van der Waals surface area (Å²) in [5, 5.41) is 6.96. The number of anilines is 1. The molecule has 4 aromatic rings. The van der Waals surface area contributed by atoms with Gasteiger partial charge >= 0.3 is 0 Å². The largest absolute Gasteiger partial charge is 0.496 e. The highest BCUT2D eigenvalue weighted by Gasteiger charge is 2.11. The number of hydrogen-bond acceptors (Lipinski definition) is 5. The van der Waals surface area contributed by atoms with E-state index in [9.17, 15) is 4.79 Å². The molecule has 31 heavy (non-hydrogen) atoms. The normalized spacial score (nSPS) is 10.7. The summed E-state index contributed by atoms with van der Waals surface area (Å²) in [6.45, 7) is 2.08. The first-order valence-corrected chi connectivity index (χ1v) is 11.7. The number of thiazole rings is 1. The Morgan fingerprint density at radius 1 is 1.10 bits per heavy atom. The van der Waals surface area contributed by atoms with E-state index in [1.54, 1.807) is 36.6 Å². The van der Waals surface area contributed by atoms with Gasteiger partial charge in [0.2, 0.25) is 0 Å². The van der Waals surface area contributed by atoms with Crippen LogP contribution in [0.4, 0.5) is 5.69 Å². The smallest absolute Gasteiger partial charge is 0.257 e. The number of halogens is 1. The van der Waals surface area contributed by atoms with E-state index in [1.807, 2.05) is 30.3 Å². The van der Waals surface area contributed by atoms with Crippen molar-refractivity contribution < 1.29 is 9.53 Å². The highest BCUT2D eigenvalue weighted by atomic mass is 127. The lowest BCUT2D eigenvalue weighted by atomic mass is 10.2. The second-order valence-electron chi connectivity index (χ2n) is 6.83. The van der Waals surface area contributed by atoms with Crippen LogP contribution in [0.5, 0.6) is 5.75 Å². The number of thiocarbonyl (C=S) groups is 1. The number of nitrogens with one attached hydrogen (secondary N) is 2. The number of rotatable bonds is 4. The van der Waals surface area contributed by atoms with Crippen LogP contribution in [0.1, 0.15) is 15.9 Å². The number of amides is 1. The molecule has 4 rings (SSSR count). The van der Waals surface area contributed by atoms with Crippen LogP contribution in [0, 0.1) is 10.5 Å². The number of hydrogen-bond donors (Lipinski definition) is 2. The van der Waals surface area contributed by atoms with Crippen molar-refractivity contribution in [2.75, 3.05) is 12.4 Å². The molecule has 3 aromatic carbocycles. The summed E-state index contributed by atoms with van der Waals surface area (Å²) in [4.78, 5) is 17.2. The van der Waals surface area contributed by atoms with E-state index in [1.165, 1.54) is 10.3 Å². The first kappa shape index (κ1) is 21.7. The van der Waals surface area contributed by atoms with Gasteiger partial charge in [-0.25, -0.2) is 4.98 Å². The first-order valence-electron chi connectivity index (χ1n) is 9.36. The van der Waals surface area contributed by atoms with Gasteiger partial charge in [-0.2, -0.15) is 0 Å². The Hall–Kier alpha value is -2.56. The number of benzene rings is 3. The maximum Gasteiger partial charge on any atom is 0.257 e. The molecule has 0 aliphatic carbocycles. The van der Waals surface area contributed by atoms with Gasteiger partial charge in [-0.3, -0.25) is 10.1 Å². The molecule has 0 fully saturated rings. The molecule has 1 aromatic heterocycles. The molecule has 0 spiro atoms. The predicted octanol–water partition coefficient (Wildman–Crippen LogP) is 6.01. The van der Waals surface area contributed by atoms with Gasteiger partial charge in [-0.1, -0.05) is 6.07 Å². The number of aryl methyl sites for hydroxylation is 1. The third kappa shape index (κ3) is 5.03. The first-order chi connectivity index (χ1) is 14.9. The average molecular weight is 559 g/mol. The summed E-state index contributed by atoms with van der Waals surface area (Å²) in [6, 6.07) is 19.3. The number of fused-ring (bicyclic) bond motifs is 1. The Morgan fingerprint density at radius 3 is 2.58 bits per heavy atom. The second-order valence-corrected chi connectivity index (χ2v) is 9.43. The van der Waals surface area contributed by atoms with Crippen molar-refractivity contribution in [3.05, 3.63) is 75.4 Å². The maximum atomic E-state index is 12.5. The van der Waals surface area contributed by atoms with Crippen molar-refractivity contribution in [1.29, 1.82) is 0 Å². The minimum atomic E-state index is -0.278. The lowest BCUT2D eigenvalue weighted by molar-refractivity contribution is 0.0977. The Balaban J connectivity index is 1.41. The third-order valence-electron chi connectivity index (χ3n) is 4.57. The molecule has 0 atom stereocenters. The lowest BCUT2D eigenvalue weighted by Gasteiger charge is -2.11. The van der Waals surface area contributed by atoms with Crippen molar-refractivity contribution in [3.8, 4) is 16.3 Å². The molecule has 0 unspecified atom stereocenters. The van der Waals surface area contributed by atoms with Crippen molar-refractivity contribution >= 4 is 73.1 Å². The number of nitrogens with zero attached hydrogens (tertiary/aromatic N) is 1. The zero-order valence-corrected chi connectivity index (χ0v) is 20.5. The van der Waals surface area contributed by atoms with Gasteiger partial charge in [0.05, 0.1) is 20.9 Å². The average Bonchev–Trinajstić information content (AvgIpc) is 3.17. The third-order valence-corrected chi connectivity index (χ3v) is 6.69. The number of carbonyl (C=O) groups excluding carboxylic acids is 1. The van der Waals surface area contributed by atoms with Crippen molar-refractivity contribution in [2.24, 2.45) is 0 Å². The second kappa shape index (κ2) is 9.29. The van der Waals surface area contributed by atoms with Crippen molar-refractivity contribution in [3.63, 3.8) is 0 Å². The molecule has 8 heteroatoms. The van der Waals surface area contributed by atoms with Gasteiger partial charge < -0.3 is 10.1 Å². The topological polar surface area (TPSA) is 63.2 Å². The summed E-state index contributed by atoms with van der Waals surface area (Å²) in [7, 11) is 1.60. The van der Waals surface area contributed by atoms with Gasteiger partial charge in [0.25, 0.3) is 5.91 Å². The van der Waals surface area contributed by atoms with Crippen molar-refractivity contribution in [2.45, 2.75) is 6.92 Å². The van der Waals surface area contributed by atoms with Crippen LogP contribution in [0.15, 0.2) is 60.7 Å². The van der Waals surface area contributed by atoms with Crippen LogP contribution in [-0.2, 0) is 0 Å². The Kier molecular flexibility index (Phi) is 6.49. The number of aromatic nitrogens is 1. The fourth-order valence-corrected chi connectivity index (χ4v) is 5.01. The van der Waals surface area contributed by atoms with Crippen LogP contribution in [-0.4, -0.2) is 23.1 Å². The van der Waals surface area contributed by atoms with Crippen LogP contribution >= 0.6 is 46.1 Å². The van der Waals surface area contributed by atoms with E-state index in [4.69, 9.17) is 21.9 Å². The van der Waals surface area contributed by atoms with Gasteiger partial charge in [-0.05, 0) is 102 Å². The minimum Gasteiger partial charge on any atom is -0.496 e. The van der Waals surface area contributed by atoms with E-state index in [-0.39, 0.29) is 11.0 Å². The minimum absolute atomic E-state index is 0.235. The summed E-state index contributed by atoms with van der Waals surface area (Å²) in [6.07, 6.45) is 0. The Morgan fingerprint density at radius 2 is 1.87 bits per heavy atom. The quantitative estimate of drug-likeness (QED) is 0.237. The Bertz CT molecular complexity index is 1290. The van der Waals surface area contributed by atoms with Crippen LogP contribution < -0.4 is 15.4 Å². The molecule has 0 aliphatic rings. The predicted molar refractivity (Wildman–Crippen MR) is 139 cm³/mol. The lowest BCUT2D eigenvalue weighted by Crippen LogP contribution is -2.34. The Labute approximate surface area is 203 Å². The highest BCUT2D eigenvalue weighted by Crippen LogP contribution is 2.31. The molecular weight excluding hydrogens is 541 g/mol. The molecule has 1 heterocycles. The van der Waals surface area contributed by atoms with E-state index >= 15 is 0 Å². The summed E-state index contributed by atoms with van der Waals surface area (Å²) >= 11 is 9.09. The van der Waals surface area contributed by atoms with E-state index in [0.717, 1.165) is 31.1 Å². The molecule has 5 nitrogen and oxygen atoms in total. The molecular formula is C23H18IN3O2S2. The molecule has 0 saturated carbocycles. The number of carbonyl (C=O) groups is 1. The zero-order valence-electron chi connectivity index (χ0n) is 16.7. The highest BCUT2D eigenvalue weighted by molar-refractivity contribution is 14.1. The van der Waals surface area contributed by atoms with Crippen LogP contribution in [0.3, 0.4) is 0 Å². The summed E-state index contributed by atoms with van der Waals surface area (Å²) in [5.41, 5.74) is 4.56. The molecule has 0 saturated heterocycles. The van der Waals surface area contributed by atoms with Crippen LogP contribution in [0.25, 0.3) is 20.8 Å². The number of methoxy groups -OCH3 is 1. The van der Waals surface area contributed by atoms with Gasteiger partial charge in [-0.15, -0.1) is 11.3 Å². The molecule has 156 valence electrons. The molecule has 0 radical (unpaired) electrons. The van der Waals surface area contributed by atoms with E-state index < -0.39 is 0 Å². The van der Waals surface area contributed by atoms with E-state index in [2.05, 4.69) is 52.3 Å². The van der Waals surface area contributed by atoms with Gasteiger partial charge in [0, 0.05) is 16.8 Å². The van der Waals surface area contributed by atoms with E-state index in [0.29, 0.717) is 5.56 Å². The standard InChI is InChI=1S/C23H18IN3O2S2/c1-13-3-9-18-20(11-13)31-22(26-18)14-4-7-16(8-5-14)25-23(30)27-21(28)15-6-10-19(29-2)17(24)12-15/h3-12H,1-2H3,(H2,25,27,28,30). The maximum absolute atomic E-state index is 12.5. The van der Waals surface area contributed by atoms with Crippen LogP contribution in [0.2, 0.25) is 0 Å². The van der Waals surface area contributed by atoms with Gasteiger partial charge in [0.1, 0.15) is 10.8 Å². The summed E-state index contributed by atoms with van der Waals surface area (Å²) in [5.74, 6) is 0.445. The summed E-state index contributed by atoms with van der Waals surface area (Å²) < 4.78 is 7.25. The number of ether oxygens (including phenoxy) is 1. The van der Waals surface area contributed by atoms with Gasteiger partial charge in [0.15, 0.2) is 5.11 Å². The monoisotopic (exact) mass is 559 g/mol. The fraction of sp³-hybridized carbons (Fsp3) is 0.0870. The molecule has 0 bridgehead atoms. The zero-order chi connectivity index (χ0) is 22.0. The molecule has 0 aliphatic heterocycles. The molecule has 2 N–H and O–H groups in total.